The van der Waals surface area contributed by atoms with Gasteiger partial charge in [0.25, 0.3) is 0 Å². The van der Waals surface area contributed by atoms with Crippen LogP contribution in [0.3, 0.4) is 0 Å². The van der Waals surface area contributed by atoms with Crippen molar-refractivity contribution in [1.82, 2.24) is 19.5 Å². The molecule has 0 fully saturated rings. The van der Waals surface area contributed by atoms with Gasteiger partial charge in [0.1, 0.15) is 12.1 Å². The Hall–Kier alpha value is -1.95. The smallest absolute Gasteiger partial charge is 0.129 e. The number of nitrogens with zero attached hydrogens (tertiary/aromatic N) is 4. The summed E-state index contributed by atoms with van der Waals surface area (Å²) in [5, 5.41) is 3.23. The number of aryl methyl sites for hydroxylation is 1. The Kier molecular flexibility index (Phi) is 3.66. The molecule has 0 amide bonds. The van der Waals surface area contributed by atoms with E-state index >= 15 is 0 Å². The first kappa shape index (κ1) is 11.5. The molecule has 0 bridgehead atoms. The summed E-state index contributed by atoms with van der Waals surface area (Å²) in [6.45, 7) is 4.11. The van der Waals surface area contributed by atoms with Crippen LogP contribution < -0.4 is 11.1 Å². The van der Waals surface area contributed by atoms with Crippen molar-refractivity contribution < 1.29 is 0 Å². The summed E-state index contributed by atoms with van der Waals surface area (Å²) >= 11 is 0. The first-order valence-electron chi connectivity index (χ1n) is 5.57. The second-order valence-electron chi connectivity index (χ2n) is 3.62. The van der Waals surface area contributed by atoms with Crippen molar-refractivity contribution in [3.63, 3.8) is 0 Å². The molecule has 0 radical (unpaired) electrons. The maximum absolute atomic E-state index is 5.52. The van der Waals surface area contributed by atoms with Gasteiger partial charge in [-0.2, -0.15) is 0 Å². The highest BCUT2D eigenvalue weighted by atomic mass is 15.1. The number of aromatic nitrogens is 4. The van der Waals surface area contributed by atoms with Gasteiger partial charge in [-0.1, -0.05) is 0 Å². The van der Waals surface area contributed by atoms with E-state index in [9.17, 15) is 0 Å². The predicted molar refractivity (Wildman–Crippen MR) is 65.2 cm³/mol. The molecule has 0 saturated carbocycles. The van der Waals surface area contributed by atoms with E-state index in [4.69, 9.17) is 5.73 Å². The van der Waals surface area contributed by atoms with E-state index in [1.807, 2.05) is 18.6 Å². The van der Waals surface area contributed by atoms with Gasteiger partial charge < -0.3 is 15.6 Å². The van der Waals surface area contributed by atoms with Crippen LogP contribution in [-0.4, -0.2) is 19.5 Å². The Bertz CT molecular complexity index is 478. The van der Waals surface area contributed by atoms with Crippen molar-refractivity contribution in [3.05, 3.63) is 36.3 Å². The zero-order valence-corrected chi connectivity index (χ0v) is 9.80. The van der Waals surface area contributed by atoms with Gasteiger partial charge in [0, 0.05) is 25.4 Å². The minimum atomic E-state index is 0.421. The Labute approximate surface area is 99.9 Å². The Morgan fingerprint density at radius 3 is 3.06 bits per heavy atom. The maximum atomic E-state index is 5.52. The van der Waals surface area contributed by atoms with Gasteiger partial charge in [-0.05, 0) is 6.92 Å². The molecule has 0 aromatic carbocycles. The van der Waals surface area contributed by atoms with Crippen LogP contribution in [0.1, 0.15) is 18.3 Å². The van der Waals surface area contributed by atoms with Crippen LogP contribution in [0.2, 0.25) is 0 Å². The van der Waals surface area contributed by atoms with Crippen LogP contribution in [0.4, 0.5) is 5.82 Å². The second kappa shape index (κ2) is 5.40. The third kappa shape index (κ3) is 2.79. The zero-order valence-electron chi connectivity index (χ0n) is 9.80. The van der Waals surface area contributed by atoms with Crippen LogP contribution >= 0.6 is 0 Å². The Morgan fingerprint density at radius 1 is 1.41 bits per heavy atom. The number of rotatable bonds is 5. The zero-order chi connectivity index (χ0) is 12.1. The molecular weight excluding hydrogens is 216 g/mol. The molecule has 0 aliphatic rings. The van der Waals surface area contributed by atoms with Gasteiger partial charge in [-0.25, -0.2) is 15.0 Å². The van der Waals surface area contributed by atoms with E-state index in [1.165, 1.54) is 6.33 Å². The van der Waals surface area contributed by atoms with Gasteiger partial charge >= 0.3 is 0 Å². The van der Waals surface area contributed by atoms with Crippen LogP contribution in [-0.2, 0) is 19.6 Å². The molecule has 6 heteroatoms. The number of imidazole rings is 1. The number of hydrogen-bond donors (Lipinski definition) is 2. The van der Waals surface area contributed by atoms with E-state index in [0.29, 0.717) is 13.1 Å². The quantitative estimate of drug-likeness (QED) is 0.795. The molecule has 0 spiro atoms. The molecule has 90 valence electrons. The summed E-state index contributed by atoms with van der Waals surface area (Å²) < 4.78 is 2.08. The molecule has 2 aromatic rings. The number of nitrogens with two attached hydrogens (primary N) is 1. The molecular formula is C11H16N6. The van der Waals surface area contributed by atoms with E-state index in [0.717, 1.165) is 23.8 Å². The van der Waals surface area contributed by atoms with Crippen LogP contribution in [0, 0.1) is 0 Å². The highest BCUT2D eigenvalue weighted by molar-refractivity contribution is 5.35. The van der Waals surface area contributed by atoms with E-state index in [2.05, 4.69) is 31.8 Å². The number of nitrogens with one attached hydrogen (secondary N) is 1. The standard InChI is InChI=1S/C11H16N6/c1-2-17-8-13-5-10(17)6-14-11-3-9(4-12)15-7-16-11/h3,5,7-8H,2,4,6,12H2,1H3,(H,14,15,16). The van der Waals surface area contributed by atoms with E-state index in [1.54, 1.807) is 0 Å². The summed E-state index contributed by atoms with van der Waals surface area (Å²) in [5.41, 5.74) is 7.47. The largest absolute Gasteiger partial charge is 0.364 e. The highest BCUT2D eigenvalue weighted by Crippen LogP contribution is 2.06. The monoisotopic (exact) mass is 232 g/mol. The van der Waals surface area contributed by atoms with Crippen LogP contribution in [0.25, 0.3) is 0 Å². The Morgan fingerprint density at radius 2 is 2.29 bits per heavy atom. The summed E-state index contributed by atoms with van der Waals surface area (Å²) in [6, 6.07) is 1.85. The van der Waals surface area contributed by atoms with Gasteiger partial charge in [0.2, 0.25) is 0 Å². The first-order valence-corrected chi connectivity index (χ1v) is 5.57. The molecule has 0 saturated heterocycles. The normalized spacial score (nSPS) is 10.5. The fourth-order valence-electron chi connectivity index (χ4n) is 1.57. The average molecular weight is 232 g/mol. The maximum Gasteiger partial charge on any atom is 0.129 e. The number of anilines is 1. The Balaban J connectivity index is 2.02. The topological polar surface area (TPSA) is 81.7 Å². The average Bonchev–Trinajstić information content (AvgIpc) is 2.84. The molecule has 0 aliphatic carbocycles. The van der Waals surface area contributed by atoms with Crippen LogP contribution in [0.5, 0.6) is 0 Å². The molecule has 0 atom stereocenters. The van der Waals surface area contributed by atoms with Crippen molar-refractivity contribution in [1.29, 1.82) is 0 Å². The lowest BCUT2D eigenvalue weighted by atomic mass is 10.4. The highest BCUT2D eigenvalue weighted by Gasteiger charge is 2.01. The minimum Gasteiger partial charge on any atom is -0.364 e. The van der Waals surface area contributed by atoms with Crippen LogP contribution in [0.15, 0.2) is 24.9 Å². The lowest BCUT2D eigenvalue weighted by Crippen LogP contribution is -2.08. The lowest BCUT2D eigenvalue weighted by Gasteiger charge is -2.08. The SMILES string of the molecule is CCn1cncc1CNc1cc(CN)ncn1. The van der Waals surface area contributed by atoms with Gasteiger partial charge in [-0.3, -0.25) is 0 Å². The molecule has 3 N–H and O–H groups in total. The summed E-state index contributed by atoms with van der Waals surface area (Å²) in [4.78, 5) is 12.3. The second-order valence-corrected chi connectivity index (χ2v) is 3.62. The van der Waals surface area contributed by atoms with E-state index < -0.39 is 0 Å². The van der Waals surface area contributed by atoms with Gasteiger partial charge in [-0.15, -0.1) is 0 Å². The first-order chi connectivity index (χ1) is 8.33. The molecule has 0 aliphatic heterocycles. The minimum absolute atomic E-state index is 0.421. The van der Waals surface area contributed by atoms with Crippen molar-refractivity contribution in [2.24, 2.45) is 5.73 Å². The molecule has 2 rings (SSSR count). The van der Waals surface area contributed by atoms with Crippen molar-refractivity contribution in [2.75, 3.05) is 5.32 Å². The van der Waals surface area contributed by atoms with Crippen molar-refractivity contribution in [3.8, 4) is 0 Å². The third-order valence-electron chi connectivity index (χ3n) is 2.52. The molecule has 2 aromatic heterocycles. The lowest BCUT2D eigenvalue weighted by molar-refractivity contribution is 0.719. The third-order valence-corrected chi connectivity index (χ3v) is 2.52. The molecule has 0 unspecified atom stereocenters. The molecule has 6 nitrogen and oxygen atoms in total. The van der Waals surface area contributed by atoms with Gasteiger partial charge in [0.15, 0.2) is 0 Å². The fraction of sp³-hybridized carbons (Fsp3) is 0.364. The van der Waals surface area contributed by atoms with Crippen molar-refractivity contribution >= 4 is 5.82 Å². The molecule has 2 heterocycles. The van der Waals surface area contributed by atoms with Gasteiger partial charge in [0.05, 0.1) is 24.3 Å². The fourth-order valence-corrected chi connectivity index (χ4v) is 1.57. The molecule has 17 heavy (non-hydrogen) atoms. The van der Waals surface area contributed by atoms with Crippen molar-refractivity contribution in [2.45, 2.75) is 26.6 Å². The summed E-state index contributed by atoms with van der Waals surface area (Å²) in [5.74, 6) is 0.782. The van der Waals surface area contributed by atoms with E-state index in [-0.39, 0.29) is 0 Å². The summed E-state index contributed by atoms with van der Waals surface area (Å²) in [6.07, 6.45) is 5.19. The summed E-state index contributed by atoms with van der Waals surface area (Å²) in [7, 11) is 0. The number of hydrogen-bond acceptors (Lipinski definition) is 5. The predicted octanol–water partition coefficient (Wildman–Crippen LogP) is 0.764.